The minimum absolute atomic E-state index is 0.184. The largest absolute Gasteiger partial charge is 0.497 e. The first-order valence-corrected chi connectivity index (χ1v) is 9.57. The molecule has 0 aliphatic heterocycles. The molecule has 2 rings (SSSR count). The summed E-state index contributed by atoms with van der Waals surface area (Å²) < 4.78 is 28.2. The lowest BCUT2D eigenvalue weighted by Crippen LogP contribution is -2.30. The molecule has 2 aromatic carbocycles. The summed E-state index contributed by atoms with van der Waals surface area (Å²) in [6.45, 7) is 4.51. The van der Waals surface area contributed by atoms with Gasteiger partial charge in [0.15, 0.2) is 9.84 Å². The Kier molecular flexibility index (Phi) is 5.98. The molecule has 0 aromatic heterocycles. The maximum absolute atomic E-state index is 12.7. The first kappa shape index (κ1) is 18.7. The van der Waals surface area contributed by atoms with Gasteiger partial charge in [-0.2, -0.15) is 0 Å². The lowest BCUT2D eigenvalue weighted by molar-refractivity contribution is 0.0762. The van der Waals surface area contributed by atoms with E-state index in [2.05, 4.69) is 6.58 Å². The van der Waals surface area contributed by atoms with Gasteiger partial charge in [0.2, 0.25) is 0 Å². The third kappa shape index (κ3) is 4.93. The van der Waals surface area contributed by atoms with E-state index in [1.54, 1.807) is 18.1 Å². The number of carbonyl (C=O) groups excluding carboxylic acids is 1. The molecular weight excluding hydrogens is 338 g/mol. The predicted octanol–water partition coefficient (Wildman–Crippen LogP) is 2.93. The quantitative estimate of drug-likeness (QED) is 0.713. The van der Waals surface area contributed by atoms with E-state index in [1.807, 2.05) is 24.3 Å². The van der Waals surface area contributed by atoms with Crippen LogP contribution in [0.1, 0.15) is 15.9 Å². The zero-order chi connectivity index (χ0) is 18.4. The van der Waals surface area contributed by atoms with E-state index < -0.39 is 9.84 Å². The first-order chi connectivity index (χ1) is 11.8. The van der Waals surface area contributed by atoms with Gasteiger partial charge in [-0.1, -0.05) is 18.2 Å². The Bertz CT molecular complexity index is 840. The number of benzene rings is 2. The second-order valence-electron chi connectivity index (χ2n) is 5.62. The van der Waals surface area contributed by atoms with E-state index in [9.17, 15) is 13.2 Å². The molecule has 0 saturated carbocycles. The van der Waals surface area contributed by atoms with Crippen molar-refractivity contribution in [2.45, 2.75) is 11.4 Å². The van der Waals surface area contributed by atoms with E-state index in [0.717, 1.165) is 17.6 Å². The van der Waals surface area contributed by atoms with Crippen molar-refractivity contribution >= 4 is 15.7 Å². The third-order valence-electron chi connectivity index (χ3n) is 3.70. The highest BCUT2D eigenvalue weighted by Gasteiger charge is 2.16. The lowest BCUT2D eigenvalue weighted by atomic mass is 10.1. The highest BCUT2D eigenvalue weighted by Crippen LogP contribution is 2.16. The van der Waals surface area contributed by atoms with E-state index in [1.165, 1.54) is 24.3 Å². The van der Waals surface area contributed by atoms with Crippen molar-refractivity contribution in [1.82, 2.24) is 4.90 Å². The standard InChI is InChI=1S/C19H21NO4S/c1-4-13-20(14-15-5-9-17(24-2)10-6-15)19(21)16-7-11-18(12-8-16)25(3,22)23/h4-12H,1,13-14H2,2-3H3. The van der Waals surface area contributed by atoms with Crippen LogP contribution < -0.4 is 4.74 Å². The minimum Gasteiger partial charge on any atom is -0.497 e. The number of amides is 1. The fourth-order valence-electron chi connectivity index (χ4n) is 2.35. The van der Waals surface area contributed by atoms with Gasteiger partial charge in [-0.05, 0) is 42.0 Å². The number of hydrogen-bond acceptors (Lipinski definition) is 4. The molecule has 0 bridgehead atoms. The van der Waals surface area contributed by atoms with Crippen LogP contribution in [0.3, 0.4) is 0 Å². The molecule has 1 amide bonds. The van der Waals surface area contributed by atoms with Crippen LogP contribution >= 0.6 is 0 Å². The average molecular weight is 359 g/mol. The molecule has 5 nitrogen and oxygen atoms in total. The second kappa shape index (κ2) is 7.98. The van der Waals surface area contributed by atoms with Crippen LogP contribution in [0, 0.1) is 0 Å². The summed E-state index contributed by atoms with van der Waals surface area (Å²) in [5.74, 6) is 0.567. The summed E-state index contributed by atoms with van der Waals surface area (Å²) in [7, 11) is -1.68. The highest BCUT2D eigenvalue weighted by molar-refractivity contribution is 7.90. The fourth-order valence-corrected chi connectivity index (χ4v) is 2.98. The summed E-state index contributed by atoms with van der Waals surface area (Å²) in [6, 6.07) is 13.4. The van der Waals surface area contributed by atoms with Gasteiger partial charge in [-0.3, -0.25) is 4.79 Å². The Morgan fingerprint density at radius 2 is 1.72 bits per heavy atom. The number of nitrogens with zero attached hydrogens (tertiary/aromatic N) is 1. The summed E-state index contributed by atoms with van der Waals surface area (Å²) in [4.78, 5) is 14.6. The molecule has 0 saturated heterocycles. The van der Waals surface area contributed by atoms with Crippen LogP contribution in [0.2, 0.25) is 0 Å². The monoisotopic (exact) mass is 359 g/mol. The molecule has 132 valence electrons. The van der Waals surface area contributed by atoms with Crippen molar-refractivity contribution in [1.29, 1.82) is 0 Å². The van der Waals surface area contributed by atoms with Crippen molar-refractivity contribution in [3.8, 4) is 5.75 Å². The molecule has 0 heterocycles. The molecule has 0 fully saturated rings. The number of carbonyl (C=O) groups is 1. The fraction of sp³-hybridized carbons (Fsp3) is 0.211. The van der Waals surface area contributed by atoms with E-state index in [-0.39, 0.29) is 10.8 Å². The molecule has 0 N–H and O–H groups in total. The number of ether oxygens (including phenoxy) is 1. The molecule has 0 atom stereocenters. The van der Waals surface area contributed by atoms with Gasteiger partial charge in [-0.15, -0.1) is 6.58 Å². The molecule has 25 heavy (non-hydrogen) atoms. The van der Waals surface area contributed by atoms with Gasteiger partial charge >= 0.3 is 0 Å². The van der Waals surface area contributed by atoms with E-state index in [0.29, 0.717) is 18.7 Å². The first-order valence-electron chi connectivity index (χ1n) is 7.68. The van der Waals surface area contributed by atoms with Crippen molar-refractivity contribution in [2.24, 2.45) is 0 Å². The normalized spacial score (nSPS) is 11.0. The van der Waals surface area contributed by atoms with Crippen LogP contribution in [-0.2, 0) is 16.4 Å². The number of hydrogen-bond donors (Lipinski definition) is 0. The zero-order valence-electron chi connectivity index (χ0n) is 14.3. The zero-order valence-corrected chi connectivity index (χ0v) is 15.1. The SMILES string of the molecule is C=CCN(Cc1ccc(OC)cc1)C(=O)c1ccc(S(C)(=O)=O)cc1. The number of methoxy groups -OCH3 is 1. The summed E-state index contributed by atoms with van der Waals surface area (Å²) in [6.07, 6.45) is 2.80. The molecule has 0 radical (unpaired) electrons. The Hall–Kier alpha value is -2.60. The van der Waals surface area contributed by atoms with Gasteiger partial charge < -0.3 is 9.64 Å². The van der Waals surface area contributed by atoms with Gasteiger partial charge in [0.05, 0.1) is 12.0 Å². The molecule has 6 heteroatoms. The Balaban J connectivity index is 2.20. The van der Waals surface area contributed by atoms with Crippen LogP contribution in [-0.4, -0.2) is 39.1 Å². The van der Waals surface area contributed by atoms with E-state index >= 15 is 0 Å². The van der Waals surface area contributed by atoms with Crippen LogP contribution in [0.15, 0.2) is 66.1 Å². The van der Waals surface area contributed by atoms with Crippen molar-refractivity contribution in [3.05, 3.63) is 72.3 Å². The molecule has 0 aliphatic rings. The summed E-state index contributed by atoms with van der Waals surface area (Å²) in [5.41, 5.74) is 1.39. The highest BCUT2D eigenvalue weighted by atomic mass is 32.2. The minimum atomic E-state index is -3.28. The van der Waals surface area contributed by atoms with Crippen LogP contribution in [0.25, 0.3) is 0 Å². The molecular formula is C19H21NO4S. The summed E-state index contributed by atoms with van der Waals surface area (Å²) >= 11 is 0. The molecule has 0 unspecified atom stereocenters. The second-order valence-corrected chi connectivity index (χ2v) is 7.63. The lowest BCUT2D eigenvalue weighted by Gasteiger charge is -2.21. The van der Waals surface area contributed by atoms with Crippen LogP contribution in [0.4, 0.5) is 0 Å². The van der Waals surface area contributed by atoms with E-state index in [4.69, 9.17) is 4.74 Å². The molecule has 0 aliphatic carbocycles. The molecule has 2 aromatic rings. The Morgan fingerprint density at radius 1 is 1.12 bits per heavy atom. The smallest absolute Gasteiger partial charge is 0.254 e. The van der Waals surface area contributed by atoms with Crippen molar-refractivity contribution in [3.63, 3.8) is 0 Å². The maximum Gasteiger partial charge on any atom is 0.254 e. The van der Waals surface area contributed by atoms with Gasteiger partial charge in [0.1, 0.15) is 5.75 Å². The third-order valence-corrected chi connectivity index (χ3v) is 4.83. The van der Waals surface area contributed by atoms with Gasteiger partial charge in [-0.25, -0.2) is 8.42 Å². The topological polar surface area (TPSA) is 63.7 Å². The van der Waals surface area contributed by atoms with Gasteiger partial charge in [0, 0.05) is 24.9 Å². The molecule has 0 spiro atoms. The predicted molar refractivity (Wildman–Crippen MR) is 97.5 cm³/mol. The maximum atomic E-state index is 12.7. The Labute approximate surface area is 148 Å². The summed E-state index contributed by atoms with van der Waals surface area (Å²) in [5, 5.41) is 0. The van der Waals surface area contributed by atoms with Crippen molar-refractivity contribution < 1.29 is 17.9 Å². The van der Waals surface area contributed by atoms with Gasteiger partial charge in [0.25, 0.3) is 5.91 Å². The van der Waals surface area contributed by atoms with Crippen LogP contribution in [0.5, 0.6) is 5.75 Å². The van der Waals surface area contributed by atoms with Crippen molar-refractivity contribution in [2.75, 3.05) is 19.9 Å². The Morgan fingerprint density at radius 3 is 2.20 bits per heavy atom. The average Bonchev–Trinajstić information content (AvgIpc) is 2.61. The number of rotatable bonds is 7. The number of sulfone groups is 1.